The van der Waals surface area contributed by atoms with Gasteiger partial charge < -0.3 is 0 Å². The molecule has 0 fully saturated rings. The van der Waals surface area contributed by atoms with Gasteiger partial charge >= 0.3 is 0 Å². The highest BCUT2D eigenvalue weighted by molar-refractivity contribution is 7.83. The largest absolute Gasteiger partial charge is 0.0939 e. The molecular formula is C32H54P2+2. The zero-order valence-electron chi connectivity index (χ0n) is 23.0. The first-order valence-electron chi connectivity index (χ1n) is 14.5. The summed E-state index contributed by atoms with van der Waals surface area (Å²) in [6, 6.07) is 23.5. The summed E-state index contributed by atoms with van der Waals surface area (Å²) in [4.78, 5) is 0. The normalized spacial score (nSPS) is 12.2. The lowest BCUT2D eigenvalue weighted by Gasteiger charge is -2.30. The molecule has 0 aromatic heterocycles. The van der Waals surface area contributed by atoms with Crippen molar-refractivity contribution in [3.05, 3.63) is 60.7 Å². The maximum absolute atomic E-state index is 2.48. The molecule has 0 atom stereocenters. The predicted molar refractivity (Wildman–Crippen MR) is 164 cm³/mol. The topological polar surface area (TPSA) is 0 Å². The lowest BCUT2D eigenvalue weighted by molar-refractivity contribution is 0.830. The summed E-state index contributed by atoms with van der Waals surface area (Å²) < 4.78 is 0. The van der Waals surface area contributed by atoms with Gasteiger partial charge in [0.15, 0.2) is 0 Å². The number of hydrogen-bond donors (Lipinski definition) is 0. The van der Waals surface area contributed by atoms with Gasteiger partial charge in [-0.25, -0.2) is 0 Å². The summed E-state index contributed by atoms with van der Waals surface area (Å²) in [5, 5.41) is 3.44. The number of hydrogen-bond acceptors (Lipinski definition) is 0. The van der Waals surface area contributed by atoms with Crippen molar-refractivity contribution in [2.24, 2.45) is 0 Å². The fraction of sp³-hybridized carbons (Fsp3) is 0.625. The van der Waals surface area contributed by atoms with Crippen molar-refractivity contribution in [2.75, 3.05) is 37.0 Å². The average Bonchev–Trinajstić information content (AvgIpc) is 2.90. The Kier molecular flexibility index (Phi) is 14.7. The Morgan fingerprint density at radius 3 is 0.912 bits per heavy atom. The van der Waals surface area contributed by atoms with Crippen molar-refractivity contribution in [3.8, 4) is 0 Å². The molecule has 0 spiro atoms. The predicted octanol–water partition coefficient (Wildman–Crippen LogP) is 9.65. The first-order valence-corrected chi connectivity index (χ1v) is 19.2. The van der Waals surface area contributed by atoms with E-state index in [-0.39, 0.29) is 0 Å². The molecule has 0 bridgehead atoms. The highest BCUT2D eigenvalue weighted by Crippen LogP contribution is 2.62. The second kappa shape index (κ2) is 16.9. The van der Waals surface area contributed by atoms with Gasteiger partial charge in [-0.2, -0.15) is 0 Å². The van der Waals surface area contributed by atoms with E-state index in [1.165, 1.54) is 101 Å². The van der Waals surface area contributed by atoms with Crippen LogP contribution in [0.4, 0.5) is 0 Å². The van der Waals surface area contributed by atoms with Crippen LogP contribution >= 0.6 is 14.5 Å². The minimum Gasteiger partial charge on any atom is -0.0652 e. The van der Waals surface area contributed by atoms with Crippen LogP contribution in [0.15, 0.2) is 60.7 Å². The van der Waals surface area contributed by atoms with Gasteiger partial charge in [0.25, 0.3) is 0 Å². The van der Waals surface area contributed by atoms with Crippen molar-refractivity contribution in [1.82, 2.24) is 0 Å². The van der Waals surface area contributed by atoms with Gasteiger partial charge in [-0.3, -0.25) is 0 Å². The van der Waals surface area contributed by atoms with E-state index >= 15 is 0 Å². The zero-order valence-corrected chi connectivity index (χ0v) is 24.8. The number of benzene rings is 2. The molecule has 2 rings (SSSR count). The van der Waals surface area contributed by atoms with Gasteiger partial charge in [-0.05, 0) is 62.8 Å². The third-order valence-corrected chi connectivity index (χ3v) is 17.6. The van der Waals surface area contributed by atoms with E-state index in [0.29, 0.717) is 0 Å². The smallest absolute Gasteiger partial charge is 0.0652 e. The van der Waals surface area contributed by atoms with Crippen LogP contribution < -0.4 is 10.6 Å². The minimum absolute atomic E-state index is 1.07. The fourth-order valence-electron chi connectivity index (χ4n) is 5.61. The van der Waals surface area contributed by atoms with E-state index in [1.54, 1.807) is 10.6 Å². The molecule has 0 saturated carbocycles. The summed E-state index contributed by atoms with van der Waals surface area (Å²) >= 11 is 0. The molecule has 34 heavy (non-hydrogen) atoms. The van der Waals surface area contributed by atoms with Crippen LogP contribution in [0.25, 0.3) is 0 Å². The molecule has 0 amide bonds. The fourth-order valence-corrected chi connectivity index (χ4v) is 15.5. The standard InChI is InChI=1S/C32H54P2/c1-5-9-25-33(26-10-6-2,31-21-15-13-16-22-31)29-19-20-30-34(27-11-7-3,28-12-8-4)32-23-17-14-18-24-32/h13-18,21-24H,5-12,19-20,25-30H2,1-4H3/q+2. The highest BCUT2D eigenvalue weighted by Gasteiger charge is 2.40. The molecule has 0 saturated heterocycles. The molecule has 0 N–H and O–H groups in total. The monoisotopic (exact) mass is 500 g/mol. The molecule has 0 aliphatic heterocycles. The Hall–Kier alpha value is -0.700. The van der Waals surface area contributed by atoms with Crippen LogP contribution in [-0.4, -0.2) is 37.0 Å². The van der Waals surface area contributed by atoms with Crippen LogP contribution in [0, 0.1) is 0 Å². The Labute approximate surface area is 214 Å². The van der Waals surface area contributed by atoms with Gasteiger partial charge in [-0.1, -0.05) is 89.8 Å². The lowest BCUT2D eigenvalue weighted by atomic mass is 10.4. The molecule has 190 valence electrons. The van der Waals surface area contributed by atoms with Crippen LogP contribution in [0.5, 0.6) is 0 Å². The molecule has 0 aliphatic rings. The number of unbranched alkanes of at least 4 members (excludes halogenated alkanes) is 5. The molecule has 2 aromatic carbocycles. The van der Waals surface area contributed by atoms with Crippen LogP contribution in [0.2, 0.25) is 0 Å². The van der Waals surface area contributed by atoms with Crippen molar-refractivity contribution in [3.63, 3.8) is 0 Å². The molecule has 0 heterocycles. The van der Waals surface area contributed by atoms with Crippen LogP contribution in [0.3, 0.4) is 0 Å². The summed E-state index contributed by atoms with van der Waals surface area (Å²) in [5.74, 6) is 0. The van der Waals surface area contributed by atoms with Crippen molar-refractivity contribution in [2.45, 2.75) is 91.9 Å². The summed E-state index contributed by atoms with van der Waals surface area (Å²) in [6.45, 7) is 9.50. The summed E-state index contributed by atoms with van der Waals surface area (Å²) in [5.41, 5.74) is 0. The summed E-state index contributed by atoms with van der Waals surface area (Å²) in [7, 11) is -2.13. The van der Waals surface area contributed by atoms with Crippen LogP contribution in [-0.2, 0) is 0 Å². The molecule has 2 aromatic rings. The molecule has 0 radical (unpaired) electrons. The third kappa shape index (κ3) is 9.07. The van der Waals surface area contributed by atoms with E-state index in [2.05, 4.69) is 88.4 Å². The second-order valence-electron chi connectivity index (χ2n) is 10.4. The Morgan fingerprint density at radius 1 is 0.382 bits per heavy atom. The number of rotatable bonds is 19. The van der Waals surface area contributed by atoms with E-state index < -0.39 is 14.5 Å². The molecule has 2 heteroatoms. The molecule has 0 nitrogen and oxygen atoms in total. The van der Waals surface area contributed by atoms with Gasteiger partial charge in [0.05, 0.1) is 47.6 Å². The maximum Gasteiger partial charge on any atom is 0.0939 e. The SMILES string of the molecule is CCCC[P+](CCCC)(CCCC[P+](CCCC)(CCCC)c1ccccc1)c1ccccc1. The summed E-state index contributed by atoms with van der Waals surface area (Å²) in [6.07, 6.45) is 22.6. The quantitative estimate of drug-likeness (QED) is 0.133. The Bertz CT molecular complexity index is 659. The second-order valence-corrected chi connectivity index (χ2v) is 18.7. The highest BCUT2D eigenvalue weighted by atomic mass is 31.2. The van der Waals surface area contributed by atoms with Gasteiger partial charge in [0.2, 0.25) is 0 Å². The zero-order chi connectivity index (χ0) is 24.5. The van der Waals surface area contributed by atoms with Crippen molar-refractivity contribution in [1.29, 1.82) is 0 Å². The maximum atomic E-state index is 2.48. The Balaban J connectivity index is 2.20. The van der Waals surface area contributed by atoms with Crippen molar-refractivity contribution < 1.29 is 0 Å². The first-order chi connectivity index (χ1) is 16.7. The molecule has 0 unspecified atom stereocenters. The molecular weight excluding hydrogens is 446 g/mol. The van der Waals surface area contributed by atoms with E-state index in [1.807, 2.05) is 0 Å². The van der Waals surface area contributed by atoms with E-state index in [0.717, 1.165) is 0 Å². The van der Waals surface area contributed by atoms with Gasteiger partial charge in [-0.15, -0.1) is 0 Å². The van der Waals surface area contributed by atoms with E-state index in [4.69, 9.17) is 0 Å². The van der Waals surface area contributed by atoms with Gasteiger partial charge in [0.1, 0.15) is 0 Å². The van der Waals surface area contributed by atoms with Gasteiger partial charge in [0, 0.05) is 14.5 Å². The van der Waals surface area contributed by atoms with E-state index in [9.17, 15) is 0 Å². The van der Waals surface area contributed by atoms with Crippen molar-refractivity contribution >= 4 is 25.1 Å². The molecule has 0 aliphatic carbocycles. The van der Waals surface area contributed by atoms with Crippen LogP contribution in [0.1, 0.15) is 91.9 Å². The lowest BCUT2D eigenvalue weighted by Crippen LogP contribution is -2.23. The third-order valence-electron chi connectivity index (χ3n) is 7.79. The first kappa shape index (κ1) is 29.5. The average molecular weight is 501 g/mol. The minimum atomic E-state index is -1.07. The Morgan fingerprint density at radius 2 is 0.647 bits per heavy atom.